The number of benzene rings is 2. The summed E-state index contributed by atoms with van der Waals surface area (Å²) in [6, 6.07) is 14.5. The molecule has 0 aliphatic carbocycles. The molecule has 1 aliphatic rings. The molecule has 2 aromatic rings. The van der Waals surface area contributed by atoms with Crippen LogP contribution < -0.4 is 4.74 Å². The molecule has 0 N–H and O–H groups in total. The lowest BCUT2D eigenvalue weighted by Gasteiger charge is -2.28. The van der Waals surface area contributed by atoms with Crippen LogP contribution in [0.1, 0.15) is 55.4 Å². The molecular weight excluding hydrogens is 348 g/mol. The van der Waals surface area contributed by atoms with Gasteiger partial charge in [-0.15, -0.1) is 0 Å². The van der Waals surface area contributed by atoms with Crippen LogP contribution in [0.15, 0.2) is 47.6 Å². The summed E-state index contributed by atoms with van der Waals surface area (Å²) >= 11 is 0. The molecule has 0 aromatic heterocycles. The van der Waals surface area contributed by atoms with Gasteiger partial charge in [-0.1, -0.05) is 36.4 Å². The molecule has 0 saturated heterocycles. The number of hydrogen-bond donors (Lipinski definition) is 0. The topological polar surface area (TPSA) is 41.9 Å². The molecule has 148 valence electrons. The van der Waals surface area contributed by atoms with Crippen molar-refractivity contribution in [2.75, 3.05) is 7.11 Å². The molecule has 1 aliphatic heterocycles. The quantitative estimate of drug-likeness (QED) is 0.706. The zero-order valence-corrected chi connectivity index (χ0v) is 17.6. The third-order valence-corrected chi connectivity index (χ3v) is 5.26. The third-order valence-electron chi connectivity index (χ3n) is 5.26. The number of carbonyl (C=O) groups excluding carboxylic acids is 1. The summed E-state index contributed by atoms with van der Waals surface area (Å²) in [7, 11) is 1.69. The van der Waals surface area contributed by atoms with E-state index in [9.17, 15) is 4.79 Å². The van der Waals surface area contributed by atoms with Crippen LogP contribution in [-0.4, -0.2) is 29.3 Å². The second kappa shape index (κ2) is 8.17. The molecule has 0 fully saturated rings. The first-order chi connectivity index (χ1) is 13.3. The van der Waals surface area contributed by atoms with Crippen molar-refractivity contribution in [2.24, 2.45) is 5.10 Å². The van der Waals surface area contributed by atoms with Gasteiger partial charge in [-0.3, -0.25) is 4.79 Å². The van der Waals surface area contributed by atoms with E-state index in [4.69, 9.17) is 9.84 Å². The van der Waals surface area contributed by atoms with Crippen LogP contribution in [-0.2, 0) is 11.2 Å². The maximum atomic E-state index is 12.9. The van der Waals surface area contributed by atoms with Crippen molar-refractivity contribution < 1.29 is 9.53 Å². The smallest absolute Gasteiger partial charge is 0.243 e. The van der Waals surface area contributed by atoms with Crippen LogP contribution in [0.5, 0.6) is 5.75 Å². The predicted molar refractivity (Wildman–Crippen MR) is 114 cm³/mol. The Kier molecular flexibility index (Phi) is 5.87. The number of hydrogen-bond acceptors (Lipinski definition) is 3. The largest absolute Gasteiger partial charge is 0.496 e. The van der Waals surface area contributed by atoms with Gasteiger partial charge in [0.1, 0.15) is 5.75 Å². The van der Waals surface area contributed by atoms with Crippen LogP contribution in [0.4, 0.5) is 0 Å². The van der Waals surface area contributed by atoms with Gasteiger partial charge in [-0.25, -0.2) is 5.01 Å². The zero-order valence-electron chi connectivity index (χ0n) is 17.6. The van der Waals surface area contributed by atoms with Crippen molar-refractivity contribution in [3.63, 3.8) is 0 Å². The number of amides is 1. The molecule has 0 bridgehead atoms. The second-order valence-corrected chi connectivity index (χ2v) is 8.24. The average molecular weight is 379 g/mol. The molecule has 1 heterocycles. The van der Waals surface area contributed by atoms with Crippen molar-refractivity contribution in [3.05, 3.63) is 64.7 Å². The Hall–Kier alpha value is -2.62. The number of carbonyl (C=O) groups is 1. The van der Waals surface area contributed by atoms with Gasteiger partial charge >= 0.3 is 0 Å². The number of rotatable bonds is 6. The molecule has 0 atom stereocenters. The van der Waals surface area contributed by atoms with Crippen LogP contribution in [0.25, 0.3) is 0 Å². The average Bonchev–Trinajstić information content (AvgIpc) is 2.97. The molecule has 4 nitrogen and oxygen atoms in total. The van der Waals surface area contributed by atoms with Crippen molar-refractivity contribution in [1.29, 1.82) is 0 Å². The molecule has 3 rings (SSSR count). The van der Waals surface area contributed by atoms with Gasteiger partial charge in [0.25, 0.3) is 0 Å². The zero-order chi connectivity index (χ0) is 20.3. The highest BCUT2D eigenvalue weighted by Crippen LogP contribution is 2.35. The van der Waals surface area contributed by atoms with E-state index < -0.39 is 0 Å². The number of ether oxygens (including phenoxy) is 1. The SMILES string of the molecule is COc1c(C)cc(C)cc1C1=NN(C(=O)CCCc2ccccc2)C(C)(C)C1. The van der Waals surface area contributed by atoms with E-state index in [1.54, 1.807) is 12.1 Å². The molecule has 28 heavy (non-hydrogen) atoms. The minimum Gasteiger partial charge on any atom is -0.496 e. The molecule has 0 radical (unpaired) electrons. The summed E-state index contributed by atoms with van der Waals surface area (Å²) in [4.78, 5) is 12.9. The number of hydrazone groups is 1. The normalized spacial score (nSPS) is 15.5. The van der Waals surface area contributed by atoms with E-state index in [2.05, 4.69) is 45.0 Å². The first kappa shape index (κ1) is 20.1. The minimum atomic E-state index is -0.332. The maximum Gasteiger partial charge on any atom is 0.243 e. The second-order valence-electron chi connectivity index (χ2n) is 8.24. The van der Waals surface area contributed by atoms with Gasteiger partial charge in [0.2, 0.25) is 5.91 Å². The van der Waals surface area contributed by atoms with Gasteiger partial charge in [-0.05, 0) is 63.3 Å². The van der Waals surface area contributed by atoms with E-state index in [-0.39, 0.29) is 11.4 Å². The highest BCUT2D eigenvalue weighted by atomic mass is 16.5. The number of methoxy groups -OCH3 is 1. The molecular formula is C24H30N2O2. The van der Waals surface area contributed by atoms with Crippen molar-refractivity contribution in [3.8, 4) is 5.75 Å². The first-order valence-corrected chi connectivity index (χ1v) is 9.92. The Morgan fingerprint density at radius 2 is 1.89 bits per heavy atom. The summed E-state index contributed by atoms with van der Waals surface area (Å²) in [6.07, 6.45) is 2.95. The molecule has 0 spiro atoms. The fourth-order valence-electron chi connectivity index (χ4n) is 3.95. The van der Waals surface area contributed by atoms with Gasteiger partial charge in [-0.2, -0.15) is 5.10 Å². The summed E-state index contributed by atoms with van der Waals surface area (Å²) < 4.78 is 5.64. The Bertz CT molecular complexity index is 885. The monoisotopic (exact) mass is 378 g/mol. The Balaban J connectivity index is 1.76. The lowest BCUT2D eigenvalue weighted by Crippen LogP contribution is -2.40. The molecule has 4 heteroatoms. The van der Waals surface area contributed by atoms with E-state index in [1.165, 1.54) is 11.1 Å². The lowest BCUT2D eigenvalue weighted by molar-refractivity contribution is -0.135. The summed E-state index contributed by atoms with van der Waals surface area (Å²) in [6.45, 7) is 8.27. The van der Waals surface area contributed by atoms with E-state index in [1.807, 2.05) is 25.1 Å². The lowest BCUT2D eigenvalue weighted by atomic mass is 9.92. The minimum absolute atomic E-state index is 0.0827. The van der Waals surface area contributed by atoms with Gasteiger partial charge in [0.15, 0.2) is 0 Å². The predicted octanol–water partition coefficient (Wildman–Crippen LogP) is 5.05. The molecule has 1 amide bonds. The fraction of sp³-hybridized carbons (Fsp3) is 0.417. The number of nitrogens with zero attached hydrogens (tertiary/aromatic N) is 2. The molecule has 2 aromatic carbocycles. The molecule has 0 saturated carbocycles. The van der Waals surface area contributed by atoms with Crippen molar-refractivity contribution in [1.82, 2.24) is 5.01 Å². The summed E-state index contributed by atoms with van der Waals surface area (Å²) in [5.74, 6) is 0.929. The van der Waals surface area contributed by atoms with Crippen LogP contribution in [0.2, 0.25) is 0 Å². The first-order valence-electron chi connectivity index (χ1n) is 9.92. The Morgan fingerprint density at radius 3 is 2.57 bits per heavy atom. The highest BCUT2D eigenvalue weighted by Gasteiger charge is 2.39. The van der Waals surface area contributed by atoms with Crippen molar-refractivity contribution >= 4 is 11.6 Å². The Morgan fingerprint density at radius 1 is 1.18 bits per heavy atom. The van der Waals surface area contributed by atoms with E-state index in [0.717, 1.165) is 41.9 Å². The van der Waals surface area contributed by atoms with E-state index >= 15 is 0 Å². The molecule has 0 unspecified atom stereocenters. The van der Waals surface area contributed by atoms with Gasteiger partial charge < -0.3 is 4.74 Å². The van der Waals surface area contributed by atoms with E-state index in [0.29, 0.717) is 6.42 Å². The van der Waals surface area contributed by atoms with Crippen LogP contribution >= 0.6 is 0 Å². The van der Waals surface area contributed by atoms with Gasteiger partial charge in [0.05, 0.1) is 18.4 Å². The maximum absolute atomic E-state index is 12.9. The third kappa shape index (κ3) is 4.27. The summed E-state index contributed by atoms with van der Waals surface area (Å²) in [5, 5.41) is 6.43. The standard InChI is InChI=1S/C24H30N2O2/c1-17-14-18(2)23(28-5)20(15-17)21-16-24(3,4)26(25-21)22(27)13-9-12-19-10-7-6-8-11-19/h6-8,10-11,14-15H,9,12-13,16H2,1-5H3. The Labute approximate surface area is 168 Å². The van der Waals surface area contributed by atoms with Crippen molar-refractivity contribution in [2.45, 2.75) is 58.9 Å². The van der Waals surface area contributed by atoms with Crippen LogP contribution in [0, 0.1) is 13.8 Å². The summed E-state index contributed by atoms with van der Waals surface area (Å²) in [5.41, 5.74) is 5.10. The fourth-order valence-corrected chi connectivity index (χ4v) is 3.95. The van der Waals surface area contributed by atoms with Crippen LogP contribution in [0.3, 0.4) is 0 Å². The number of aryl methyl sites for hydroxylation is 3. The van der Waals surface area contributed by atoms with Gasteiger partial charge in [0, 0.05) is 18.4 Å². The highest BCUT2D eigenvalue weighted by molar-refractivity contribution is 6.06.